The first-order valence-corrected chi connectivity index (χ1v) is 7.70. The molecule has 106 valence electrons. The standard InChI is InChI=1S/C18H24NO/c1-19(11-5-2-6-12-19)13-14-20-18-10-9-16-7-3-4-8-17(16)15-18/h3-4,7-10,15H,2,5-6,11-14H2,1H3/q+1. The first kappa shape index (κ1) is 13.4. The minimum Gasteiger partial charge on any atom is -0.488 e. The van der Waals surface area contributed by atoms with Crippen molar-refractivity contribution in [1.29, 1.82) is 0 Å². The molecule has 0 atom stereocenters. The van der Waals surface area contributed by atoms with E-state index in [2.05, 4.69) is 49.5 Å². The quantitative estimate of drug-likeness (QED) is 0.767. The van der Waals surface area contributed by atoms with Crippen molar-refractivity contribution in [1.82, 2.24) is 0 Å². The molecule has 0 unspecified atom stereocenters. The summed E-state index contributed by atoms with van der Waals surface area (Å²) in [6.45, 7) is 4.55. The summed E-state index contributed by atoms with van der Waals surface area (Å²) in [6, 6.07) is 14.8. The molecule has 1 aliphatic heterocycles. The Labute approximate surface area is 121 Å². The number of likely N-dealkylation sites (tertiary alicyclic amines) is 1. The van der Waals surface area contributed by atoms with Gasteiger partial charge in [-0.15, -0.1) is 0 Å². The number of fused-ring (bicyclic) bond motifs is 1. The van der Waals surface area contributed by atoms with Crippen LogP contribution in [-0.2, 0) is 0 Å². The van der Waals surface area contributed by atoms with E-state index < -0.39 is 0 Å². The molecule has 1 saturated heterocycles. The Morgan fingerprint density at radius 2 is 1.70 bits per heavy atom. The highest BCUT2D eigenvalue weighted by Gasteiger charge is 2.24. The molecular formula is C18H24NO+. The second-order valence-electron chi connectivity index (χ2n) is 6.21. The van der Waals surface area contributed by atoms with Gasteiger partial charge in [0.2, 0.25) is 0 Å². The van der Waals surface area contributed by atoms with Crippen molar-refractivity contribution >= 4 is 10.8 Å². The highest BCUT2D eigenvalue weighted by atomic mass is 16.5. The van der Waals surface area contributed by atoms with Crippen LogP contribution in [0.4, 0.5) is 0 Å². The summed E-state index contributed by atoms with van der Waals surface area (Å²) in [5.74, 6) is 0.993. The Balaban J connectivity index is 1.59. The van der Waals surface area contributed by atoms with Crippen molar-refractivity contribution < 1.29 is 9.22 Å². The molecule has 1 aliphatic rings. The maximum Gasteiger partial charge on any atom is 0.137 e. The van der Waals surface area contributed by atoms with Gasteiger partial charge in [-0.25, -0.2) is 0 Å². The molecule has 0 aromatic heterocycles. The maximum absolute atomic E-state index is 5.97. The Morgan fingerprint density at radius 3 is 2.50 bits per heavy atom. The van der Waals surface area contributed by atoms with Crippen LogP contribution in [0.3, 0.4) is 0 Å². The average molecular weight is 270 g/mol. The molecule has 20 heavy (non-hydrogen) atoms. The van der Waals surface area contributed by atoms with E-state index >= 15 is 0 Å². The summed E-state index contributed by atoms with van der Waals surface area (Å²) in [5, 5.41) is 2.53. The number of nitrogens with zero attached hydrogens (tertiary/aromatic N) is 1. The predicted octanol–water partition coefficient (Wildman–Crippen LogP) is 3.85. The topological polar surface area (TPSA) is 9.23 Å². The lowest BCUT2D eigenvalue weighted by molar-refractivity contribution is -0.914. The molecule has 2 heteroatoms. The third-order valence-corrected chi connectivity index (χ3v) is 4.52. The zero-order valence-electron chi connectivity index (χ0n) is 12.3. The summed E-state index contributed by atoms with van der Waals surface area (Å²) in [7, 11) is 2.36. The molecule has 1 heterocycles. The lowest BCUT2D eigenvalue weighted by Crippen LogP contribution is -2.50. The minimum atomic E-state index is 0.814. The highest BCUT2D eigenvalue weighted by Crippen LogP contribution is 2.21. The third kappa shape index (κ3) is 3.13. The van der Waals surface area contributed by atoms with Crippen LogP contribution in [0.1, 0.15) is 19.3 Å². The molecule has 2 aromatic rings. The molecule has 1 fully saturated rings. The van der Waals surface area contributed by atoms with E-state index in [0.29, 0.717) is 0 Å². The largest absolute Gasteiger partial charge is 0.488 e. The van der Waals surface area contributed by atoms with E-state index in [1.165, 1.54) is 47.6 Å². The Morgan fingerprint density at radius 1 is 0.950 bits per heavy atom. The SMILES string of the molecule is C[N+]1(CCOc2ccc3ccccc3c2)CCCCC1. The number of quaternary nitrogens is 1. The van der Waals surface area contributed by atoms with Gasteiger partial charge in [-0.2, -0.15) is 0 Å². The maximum atomic E-state index is 5.97. The zero-order valence-corrected chi connectivity index (χ0v) is 12.3. The second kappa shape index (κ2) is 5.84. The van der Waals surface area contributed by atoms with Gasteiger partial charge in [-0.1, -0.05) is 30.3 Å². The second-order valence-corrected chi connectivity index (χ2v) is 6.21. The number of hydrogen-bond donors (Lipinski definition) is 0. The number of likely N-dealkylation sites (N-methyl/N-ethyl adjacent to an activating group) is 1. The Bertz CT molecular complexity index is 572. The molecule has 0 radical (unpaired) electrons. The zero-order chi connectivity index (χ0) is 13.8. The minimum absolute atomic E-state index is 0.814. The molecule has 2 aromatic carbocycles. The predicted molar refractivity (Wildman–Crippen MR) is 84.1 cm³/mol. The van der Waals surface area contributed by atoms with Crippen LogP contribution in [0.15, 0.2) is 42.5 Å². The fourth-order valence-corrected chi connectivity index (χ4v) is 3.14. The van der Waals surface area contributed by atoms with Gasteiger partial charge in [0.25, 0.3) is 0 Å². The molecule has 0 aliphatic carbocycles. The number of piperidine rings is 1. The Kier molecular flexibility index (Phi) is 3.93. The van der Waals surface area contributed by atoms with E-state index in [1.807, 2.05) is 0 Å². The third-order valence-electron chi connectivity index (χ3n) is 4.52. The van der Waals surface area contributed by atoms with Gasteiger partial charge in [-0.3, -0.25) is 0 Å². The first-order chi connectivity index (χ1) is 9.75. The van der Waals surface area contributed by atoms with Gasteiger partial charge in [-0.05, 0) is 42.2 Å². The average Bonchev–Trinajstić information content (AvgIpc) is 2.48. The molecule has 3 rings (SSSR count). The normalized spacial score (nSPS) is 18.1. The number of hydrogen-bond acceptors (Lipinski definition) is 1. The van der Waals surface area contributed by atoms with E-state index in [9.17, 15) is 0 Å². The van der Waals surface area contributed by atoms with Crippen molar-refractivity contribution in [2.24, 2.45) is 0 Å². The van der Waals surface area contributed by atoms with Gasteiger partial charge in [0.15, 0.2) is 0 Å². The molecule has 2 nitrogen and oxygen atoms in total. The molecule has 0 amide bonds. The van der Waals surface area contributed by atoms with Crippen molar-refractivity contribution in [2.45, 2.75) is 19.3 Å². The molecule has 0 bridgehead atoms. The van der Waals surface area contributed by atoms with Gasteiger partial charge in [0.1, 0.15) is 18.9 Å². The van der Waals surface area contributed by atoms with Gasteiger partial charge in [0.05, 0.1) is 20.1 Å². The van der Waals surface area contributed by atoms with Gasteiger partial charge < -0.3 is 9.22 Å². The summed E-state index contributed by atoms with van der Waals surface area (Å²) in [5.41, 5.74) is 0. The smallest absolute Gasteiger partial charge is 0.137 e. The summed E-state index contributed by atoms with van der Waals surface area (Å²) < 4.78 is 7.14. The lowest BCUT2D eigenvalue weighted by atomic mass is 10.1. The monoisotopic (exact) mass is 270 g/mol. The summed E-state index contributed by atoms with van der Waals surface area (Å²) in [4.78, 5) is 0. The van der Waals surface area contributed by atoms with Crippen molar-refractivity contribution in [3.63, 3.8) is 0 Å². The fourth-order valence-electron chi connectivity index (χ4n) is 3.14. The number of benzene rings is 2. The van der Waals surface area contributed by atoms with Crippen LogP contribution >= 0.6 is 0 Å². The summed E-state index contributed by atoms with van der Waals surface area (Å²) in [6.07, 6.45) is 4.14. The van der Waals surface area contributed by atoms with Crippen molar-refractivity contribution in [2.75, 3.05) is 33.3 Å². The molecular weight excluding hydrogens is 246 g/mol. The van der Waals surface area contributed by atoms with Gasteiger partial charge >= 0.3 is 0 Å². The van der Waals surface area contributed by atoms with E-state index in [4.69, 9.17) is 4.74 Å². The Hall–Kier alpha value is -1.54. The van der Waals surface area contributed by atoms with E-state index in [1.54, 1.807) is 0 Å². The van der Waals surface area contributed by atoms with Gasteiger partial charge in [0, 0.05) is 0 Å². The van der Waals surface area contributed by atoms with E-state index in [-0.39, 0.29) is 0 Å². The van der Waals surface area contributed by atoms with E-state index in [0.717, 1.165) is 18.9 Å². The number of rotatable bonds is 4. The van der Waals surface area contributed by atoms with Crippen LogP contribution < -0.4 is 4.74 Å². The molecule has 0 N–H and O–H groups in total. The van der Waals surface area contributed by atoms with Crippen molar-refractivity contribution in [3.8, 4) is 5.75 Å². The van der Waals surface area contributed by atoms with Crippen LogP contribution in [0, 0.1) is 0 Å². The van der Waals surface area contributed by atoms with Crippen molar-refractivity contribution in [3.05, 3.63) is 42.5 Å². The van der Waals surface area contributed by atoms with Crippen LogP contribution in [0.2, 0.25) is 0 Å². The highest BCUT2D eigenvalue weighted by molar-refractivity contribution is 5.83. The first-order valence-electron chi connectivity index (χ1n) is 7.70. The lowest BCUT2D eigenvalue weighted by Gasteiger charge is -2.37. The number of ether oxygens (including phenoxy) is 1. The van der Waals surface area contributed by atoms with Crippen LogP contribution in [0.5, 0.6) is 5.75 Å². The molecule has 0 saturated carbocycles. The van der Waals surface area contributed by atoms with Crippen LogP contribution in [0.25, 0.3) is 10.8 Å². The van der Waals surface area contributed by atoms with Crippen LogP contribution in [-0.4, -0.2) is 37.8 Å². The summed E-state index contributed by atoms with van der Waals surface area (Å²) >= 11 is 0. The molecule has 0 spiro atoms. The fraction of sp³-hybridized carbons (Fsp3) is 0.444.